The van der Waals surface area contributed by atoms with Gasteiger partial charge >= 0.3 is 6.09 Å². The van der Waals surface area contributed by atoms with Gasteiger partial charge in [0.2, 0.25) is 0 Å². The number of ether oxygens (including phenoxy) is 6. The van der Waals surface area contributed by atoms with E-state index in [1.807, 2.05) is 72.9 Å². The summed E-state index contributed by atoms with van der Waals surface area (Å²) in [4.78, 5) is 18.5. The Kier molecular flexibility index (Phi) is 13.6. The Bertz CT molecular complexity index is 1810. The Hall–Kier alpha value is -4.83. The molecule has 1 aromatic heterocycles. The predicted octanol–water partition coefficient (Wildman–Crippen LogP) is 8.84. The molecule has 0 saturated carbocycles. The van der Waals surface area contributed by atoms with Crippen LogP contribution in [0.5, 0.6) is 11.5 Å². The molecule has 6 rings (SSSR count). The maximum atomic E-state index is 13.4. The lowest BCUT2D eigenvalue weighted by Crippen LogP contribution is -2.47. The summed E-state index contributed by atoms with van der Waals surface area (Å²) in [6, 6.07) is 34.5. The molecule has 4 aromatic carbocycles. The first-order chi connectivity index (χ1) is 25.6. The second-order valence-electron chi connectivity index (χ2n) is 13.1. The summed E-state index contributed by atoms with van der Waals surface area (Å²) in [5, 5.41) is 1.16. The van der Waals surface area contributed by atoms with Gasteiger partial charge in [0.1, 0.15) is 18.1 Å². The van der Waals surface area contributed by atoms with E-state index in [0.717, 1.165) is 70.3 Å². The second-order valence-corrected chi connectivity index (χ2v) is 13.1. The predicted molar refractivity (Wildman–Crippen MR) is 202 cm³/mol. The molecule has 0 radical (unpaired) electrons. The van der Waals surface area contributed by atoms with E-state index in [1.54, 1.807) is 19.1 Å². The van der Waals surface area contributed by atoms with Gasteiger partial charge < -0.3 is 38.3 Å². The molecular formula is C43H50N2O7. The normalized spacial score (nSPS) is 16.5. The van der Waals surface area contributed by atoms with Crippen LogP contribution in [0.2, 0.25) is 0 Å². The van der Waals surface area contributed by atoms with Gasteiger partial charge in [0.25, 0.3) is 0 Å². The molecule has 1 saturated heterocycles. The number of methoxy groups -OCH3 is 2. The van der Waals surface area contributed by atoms with Gasteiger partial charge in [0.15, 0.2) is 0 Å². The molecular weight excluding hydrogens is 656 g/mol. The van der Waals surface area contributed by atoms with E-state index in [0.29, 0.717) is 39.5 Å². The number of nitrogens with one attached hydrogen (secondary N) is 1. The summed E-state index contributed by atoms with van der Waals surface area (Å²) in [7, 11) is 3.40. The number of H-pyrrole nitrogens is 1. The van der Waals surface area contributed by atoms with Crippen molar-refractivity contribution in [1.82, 2.24) is 9.88 Å². The fourth-order valence-corrected chi connectivity index (χ4v) is 6.78. The Morgan fingerprint density at radius 1 is 0.865 bits per heavy atom. The van der Waals surface area contributed by atoms with E-state index in [4.69, 9.17) is 28.4 Å². The number of aromatic amines is 1. The summed E-state index contributed by atoms with van der Waals surface area (Å²) in [5.41, 5.74) is 5.32. The van der Waals surface area contributed by atoms with Crippen molar-refractivity contribution in [2.45, 2.75) is 57.0 Å². The van der Waals surface area contributed by atoms with Crippen molar-refractivity contribution >= 4 is 17.0 Å². The number of hydrogen-bond acceptors (Lipinski definition) is 7. The van der Waals surface area contributed by atoms with Crippen LogP contribution in [0.1, 0.15) is 60.0 Å². The largest absolute Gasteiger partial charge is 0.496 e. The van der Waals surface area contributed by atoms with Crippen molar-refractivity contribution < 1.29 is 33.2 Å². The molecule has 5 aromatic rings. The molecule has 1 aliphatic heterocycles. The highest BCUT2D eigenvalue weighted by molar-refractivity contribution is 5.80. The lowest BCUT2D eigenvalue weighted by molar-refractivity contribution is -0.0645. The van der Waals surface area contributed by atoms with Gasteiger partial charge in [-0.05, 0) is 71.7 Å². The summed E-state index contributed by atoms with van der Waals surface area (Å²) in [5.74, 6) is 1.72. The third-order valence-corrected chi connectivity index (χ3v) is 9.59. The van der Waals surface area contributed by atoms with E-state index in [9.17, 15) is 4.79 Å². The zero-order chi connectivity index (χ0) is 36.0. The summed E-state index contributed by atoms with van der Waals surface area (Å²) >= 11 is 0. The highest BCUT2D eigenvalue weighted by Crippen LogP contribution is 2.37. The number of benzene rings is 4. The van der Waals surface area contributed by atoms with Crippen molar-refractivity contribution in [2.24, 2.45) is 0 Å². The number of piperidine rings is 1. The van der Waals surface area contributed by atoms with Crippen LogP contribution in [0.15, 0.2) is 109 Å². The maximum absolute atomic E-state index is 13.4. The SMILES string of the molecule is COCCCC(OC1CN(C(=O)OCc2ccccc2)CCC1c1ccc(OCCCOCc2ccccc2OC)cc1)c1ccc2cc[nH]c2c1. The van der Waals surface area contributed by atoms with Crippen LogP contribution >= 0.6 is 0 Å². The minimum Gasteiger partial charge on any atom is -0.496 e. The highest BCUT2D eigenvalue weighted by Gasteiger charge is 2.36. The number of carbonyl (C=O) groups is 1. The number of carbonyl (C=O) groups excluding carboxylic acids is 1. The van der Waals surface area contributed by atoms with Crippen molar-refractivity contribution in [1.29, 1.82) is 0 Å². The minimum absolute atomic E-state index is 0.0785. The first-order valence-corrected chi connectivity index (χ1v) is 18.2. The van der Waals surface area contributed by atoms with Crippen LogP contribution in [0.25, 0.3) is 10.9 Å². The third-order valence-electron chi connectivity index (χ3n) is 9.59. The molecule has 52 heavy (non-hydrogen) atoms. The molecule has 1 amide bonds. The van der Waals surface area contributed by atoms with Crippen LogP contribution in [-0.4, -0.2) is 69.2 Å². The van der Waals surface area contributed by atoms with Gasteiger partial charge in [-0.3, -0.25) is 0 Å². The van der Waals surface area contributed by atoms with E-state index < -0.39 is 0 Å². The first kappa shape index (κ1) is 36.9. The fourth-order valence-electron chi connectivity index (χ4n) is 6.78. The topological polar surface area (TPSA) is 91.5 Å². The number of rotatable bonds is 18. The number of likely N-dealkylation sites (tertiary alicyclic amines) is 1. The average molecular weight is 707 g/mol. The Morgan fingerprint density at radius 3 is 2.52 bits per heavy atom. The Morgan fingerprint density at radius 2 is 1.69 bits per heavy atom. The Balaban J connectivity index is 1.11. The molecule has 9 nitrogen and oxygen atoms in total. The average Bonchev–Trinajstić information content (AvgIpc) is 3.67. The molecule has 0 bridgehead atoms. The molecule has 3 unspecified atom stereocenters. The zero-order valence-electron chi connectivity index (χ0n) is 30.2. The molecule has 9 heteroatoms. The van der Waals surface area contributed by atoms with Gasteiger partial charge in [-0.1, -0.05) is 72.8 Å². The summed E-state index contributed by atoms with van der Waals surface area (Å²) in [6.07, 6.45) is 4.35. The molecule has 0 aliphatic carbocycles. The van der Waals surface area contributed by atoms with Crippen LogP contribution in [0.3, 0.4) is 0 Å². The fraction of sp³-hybridized carbons (Fsp3) is 0.372. The van der Waals surface area contributed by atoms with Crippen molar-refractivity contribution in [2.75, 3.05) is 47.1 Å². The molecule has 274 valence electrons. The Labute approximate surface area is 306 Å². The molecule has 1 aliphatic rings. The maximum Gasteiger partial charge on any atom is 0.410 e. The van der Waals surface area contributed by atoms with Crippen molar-refractivity contribution in [3.05, 3.63) is 132 Å². The first-order valence-electron chi connectivity index (χ1n) is 18.2. The number of aromatic nitrogens is 1. The molecule has 2 heterocycles. The van der Waals surface area contributed by atoms with Crippen molar-refractivity contribution in [3.8, 4) is 11.5 Å². The number of nitrogens with zero attached hydrogens (tertiary/aromatic N) is 1. The molecule has 1 N–H and O–H groups in total. The van der Waals surface area contributed by atoms with Gasteiger partial charge in [-0.15, -0.1) is 0 Å². The van der Waals surface area contributed by atoms with E-state index >= 15 is 0 Å². The third kappa shape index (κ3) is 10.2. The van der Waals surface area contributed by atoms with Crippen LogP contribution in [0.4, 0.5) is 4.79 Å². The smallest absolute Gasteiger partial charge is 0.410 e. The standard InChI is InChI=1S/C43H50N2O7/c1-47-25-8-14-41(35-16-15-34-21-23-44-39(34)28-35)52-42-29-45(43(46)51-30-32-10-4-3-5-11-32)24-22-38(42)33-17-19-37(20-18-33)50-27-9-26-49-31-36-12-6-7-13-40(36)48-2/h3-7,10-13,15-21,23,28,38,41-42,44H,8-9,14,22,24-27,29-31H2,1-2H3. The van der Waals surface area contributed by atoms with Crippen molar-refractivity contribution in [3.63, 3.8) is 0 Å². The summed E-state index contributed by atoms with van der Waals surface area (Å²) in [6.45, 7) is 3.52. The molecule has 0 spiro atoms. The van der Waals surface area contributed by atoms with Crippen LogP contribution in [0, 0.1) is 0 Å². The lowest BCUT2D eigenvalue weighted by Gasteiger charge is -2.40. The second kappa shape index (κ2) is 19.1. The highest BCUT2D eigenvalue weighted by atomic mass is 16.6. The molecule has 3 atom stereocenters. The van der Waals surface area contributed by atoms with E-state index in [1.165, 1.54) is 0 Å². The zero-order valence-corrected chi connectivity index (χ0v) is 30.2. The van der Waals surface area contributed by atoms with Gasteiger partial charge in [-0.2, -0.15) is 0 Å². The molecule has 1 fully saturated rings. The van der Waals surface area contributed by atoms with Gasteiger partial charge in [0.05, 0.1) is 45.7 Å². The van der Waals surface area contributed by atoms with E-state index in [-0.39, 0.29) is 30.8 Å². The monoisotopic (exact) mass is 706 g/mol. The van der Waals surface area contributed by atoms with E-state index in [2.05, 4.69) is 41.4 Å². The van der Waals surface area contributed by atoms with Crippen LogP contribution < -0.4 is 9.47 Å². The van der Waals surface area contributed by atoms with Crippen LogP contribution in [-0.2, 0) is 32.2 Å². The number of fused-ring (bicyclic) bond motifs is 1. The number of para-hydroxylation sites is 1. The van der Waals surface area contributed by atoms with Gasteiger partial charge in [-0.25, -0.2) is 4.79 Å². The lowest BCUT2D eigenvalue weighted by atomic mass is 9.86. The quantitative estimate of drug-likeness (QED) is 0.0911. The minimum atomic E-state index is -0.324. The number of hydrogen-bond donors (Lipinski definition) is 1. The van der Waals surface area contributed by atoms with Gasteiger partial charge in [0, 0.05) is 49.9 Å². The summed E-state index contributed by atoms with van der Waals surface area (Å²) < 4.78 is 35.6. The number of amides is 1.